The lowest BCUT2D eigenvalue weighted by Gasteiger charge is -2.39. The molecular weight excluding hydrogens is 276 g/mol. The fraction of sp³-hybridized carbons (Fsp3) is 0.467. The SMILES string of the molecule is CC1C(=O)N(c2cccc(Cl)c2)CCN1C(=O)C1CC1. The zero-order valence-corrected chi connectivity index (χ0v) is 12.1. The van der Waals surface area contributed by atoms with E-state index in [0.29, 0.717) is 18.1 Å². The first-order valence-electron chi connectivity index (χ1n) is 6.95. The van der Waals surface area contributed by atoms with Crippen molar-refractivity contribution in [2.75, 3.05) is 18.0 Å². The fourth-order valence-corrected chi connectivity index (χ4v) is 2.82. The number of hydrogen-bond donors (Lipinski definition) is 0. The smallest absolute Gasteiger partial charge is 0.249 e. The molecule has 1 aromatic carbocycles. The van der Waals surface area contributed by atoms with Crippen molar-refractivity contribution in [3.8, 4) is 0 Å². The van der Waals surface area contributed by atoms with Crippen LogP contribution in [-0.2, 0) is 9.59 Å². The van der Waals surface area contributed by atoms with Crippen LogP contribution in [0.5, 0.6) is 0 Å². The van der Waals surface area contributed by atoms with E-state index < -0.39 is 6.04 Å². The lowest BCUT2D eigenvalue weighted by Crippen LogP contribution is -2.58. The van der Waals surface area contributed by atoms with Crippen LogP contribution in [-0.4, -0.2) is 35.8 Å². The Hall–Kier alpha value is -1.55. The summed E-state index contributed by atoms with van der Waals surface area (Å²) >= 11 is 5.97. The molecule has 20 heavy (non-hydrogen) atoms. The molecule has 2 aliphatic rings. The summed E-state index contributed by atoms with van der Waals surface area (Å²) in [4.78, 5) is 28.1. The van der Waals surface area contributed by atoms with Crippen LogP contribution in [0.3, 0.4) is 0 Å². The van der Waals surface area contributed by atoms with Crippen LogP contribution in [0.15, 0.2) is 24.3 Å². The summed E-state index contributed by atoms with van der Waals surface area (Å²) in [6.45, 7) is 2.93. The minimum Gasteiger partial charge on any atom is -0.329 e. The Bertz CT molecular complexity index is 557. The molecule has 1 aromatic rings. The minimum absolute atomic E-state index is 0.0347. The van der Waals surface area contributed by atoms with Crippen molar-refractivity contribution in [1.29, 1.82) is 0 Å². The Balaban J connectivity index is 1.78. The normalized spacial score (nSPS) is 23.1. The highest BCUT2D eigenvalue weighted by atomic mass is 35.5. The highest BCUT2D eigenvalue weighted by Crippen LogP contribution is 2.33. The summed E-state index contributed by atoms with van der Waals surface area (Å²) in [5.74, 6) is 0.257. The number of halogens is 1. The van der Waals surface area contributed by atoms with E-state index in [1.165, 1.54) is 0 Å². The summed E-state index contributed by atoms with van der Waals surface area (Å²) in [5.41, 5.74) is 0.799. The van der Waals surface area contributed by atoms with Crippen LogP contribution >= 0.6 is 11.6 Å². The Kier molecular flexibility index (Phi) is 3.42. The van der Waals surface area contributed by atoms with Gasteiger partial charge in [0.2, 0.25) is 11.8 Å². The lowest BCUT2D eigenvalue weighted by atomic mass is 10.1. The summed E-state index contributed by atoms with van der Waals surface area (Å²) in [6.07, 6.45) is 1.93. The highest BCUT2D eigenvalue weighted by Gasteiger charge is 2.40. The van der Waals surface area contributed by atoms with Crippen LogP contribution in [0, 0.1) is 5.92 Å². The predicted octanol–water partition coefficient (Wildman–Crippen LogP) is 2.31. The molecule has 5 heteroatoms. The quantitative estimate of drug-likeness (QED) is 0.839. The van der Waals surface area contributed by atoms with Crippen molar-refractivity contribution >= 4 is 29.1 Å². The maximum absolute atomic E-state index is 12.5. The number of rotatable bonds is 2. The Morgan fingerprint density at radius 2 is 2.05 bits per heavy atom. The third-order valence-corrected chi connectivity index (χ3v) is 4.22. The van der Waals surface area contributed by atoms with Gasteiger partial charge in [-0.05, 0) is 38.0 Å². The molecule has 1 atom stereocenters. The second-order valence-electron chi connectivity index (χ2n) is 5.45. The van der Waals surface area contributed by atoms with Gasteiger partial charge in [0.1, 0.15) is 6.04 Å². The first-order chi connectivity index (χ1) is 9.58. The molecule has 1 saturated carbocycles. The summed E-state index contributed by atoms with van der Waals surface area (Å²) in [7, 11) is 0. The van der Waals surface area contributed by atoms with Crippen LogP contribution in [0.25, 0.3) is 0 Å². The Morgan fingerprint density at radius 1 is 1.30 bits per heavy atom. The van der Waals surface area contributed by atoms with Gasteiger partial charge in [-0.3, -0.25) is 9.59 Å². The van der Waals surface area contributed by atoms with Gasteiger partial charge in [0.25, 0.3) is 0 Å². The standard InChI is InChI=1S/C15H17ClN2O2/c1-10-14(19)18(13-4-2-3-12(16)9-13)8-7-17(10)15(20)11-5-6-11/h2-4,9-11H,5-8H2,1H3. The molecule has 0 aromatic heterocycles. The van der Waals surface area contributed by atoms with E-state index in [1.807, 2.05) is 12.1 Å². The molecule has 4 nitrogen and oxygen atoms in total. The summed E-state index contributed by atoms with van der Waals surface area (Å²) in [5, 5.41) is 0.611. The molecule has 1 aliphatic carbocycles. The number of amides is 2. The molecule has 2 fully saturated rings. The third kappa shape index (κ3) is 2.40. The predicted molar refractivity (Wildman–Crippen MR) is 77.7 cm³/mol. The van der Waals surface area contributed by atoms with Gasteiger partial charge in [-0.2, -0.15) is 0 Å². The van der Waals surface area contributed by atoms with E-state index in [0.717, 1.165) is 18.5 Å². The minimum atomic E-state index is -0.393. The van der Waals surface area contributed by atoms with Gasteiger partial charge in [0.05, 0.1) is 0 Å². The number of benzene rings is 1. The molecule has 3 rings (SSSR count). The van der Waals surface area contributed by atoms with Crippen molar-refractivity contribution in [2.24, 2.45) is 5.92 Å². The molecule has 1 unspecified atom stereocenters. The maximum atomic E-state index is 12.5. The largest absolute Gasteiger partial charge is 0.329 e. The molecule has 2 amide bonds. The maximum Gasteiger partial charge on any atom is 0.249 e. The second kappa shape index (κ2) is 5.09. The van der Waals surface area contributed by atoms with E-state index in [4.69, 9.17) is 11.6 Å². The van der Waals surface area contributed by atoms with E-state index in [9.17, 15) is 9.59 Å². The van der Waals surface area contributed by atoms with Crippen LogP contribution in [0.1, 0.15) is 19.8 Å². The van der Waals surface area contributed by atoms with Gasteiger partial charge in [-0.15, -0.1) is 0 Å². The van der Waals surface area contributed by atoms with Gasteiger partial charge in [0.15, 0.2) is 0 Å². The zero-order chi connectivity index (χ0) is 14.3. The van der Waals surface area contributed by atoms with Crippen molar-refractivity contribution in [3.63, 3.8) is 0 Å². The molecule has 0 spiro atoms. The highest BCUT2D eigenvalue weighted by molar-refractivity contribution is 6.30. The second-order valence-corrected chi connectivity index (χ2v) is 5.89. The van der Waals surface area contributed by atoms with Gasteiger partial charge < -0.3 is 9.80 Å². The number of anilines is 1. The third-order valence-electron chi connectivity index (χ3n) is 3.98. The first-order valence-corrected chi connectivity index (χ1v) is 7.33. The average molecular weight is 293 g/mol. The van der Waals surface area contributed by atoms with Gasteiger partial charge >= 0.3 is 0 Å². The number of carbonyl (C=O) groups excluding carboxylic acids is 2. The Morgan fingerprint density at radius 3 is 2.70 bits per heavy atom. The summed E-state index contributed by atoms with van der Waals surface area (Å²) in [6, 6.07) is 6.87. The van der Waals surface area contributed by atoms with Gasteiger partial charge in [0, 0.05) is 29.7 Å². The molecule has 1 saturated heterocycles. The molecule has 1 heterocycles. The van der Waals surface area contributed by atoms with E-state index >= 15 is 0 Å². The van der Waals surface area contributed by atoms with Crippen molar-refractivity contribution < 1.29 is 9.59 Å². The topological polar surface area (TPSA) is 40.6 Å². The molecule has 1 aliphatic heterocycles. The van der Waals surface area contributed by atoms with Gasteiger partial charge in [-0.25, -0.2) is 0 Å². The lowest BCUT2D eigenvalue weighted by molar-refractivity contribution is -0.141. The van der Waals surface area contributed by atoms with Crippen molar-refractivity contribution in [1.82, 2.24) is 4.90 Å². The molecular formula is C15H17ClN2O2. The van der Waals surface area contributed by atoms with Crippen molar-refractivity contribution in [2.45, 2.75) is 25.8 Å². The van der Waals surface area contributed by atoms with Crippen LogP contribution < -0.4 is 4.90 Å². The number of piperazine rings is 1. The molecule has 0 bridgehead atoms. The Labute approximate surface area is 123 Å². The molecule has 0 radical (unpaired) electrons. The van der Waals surface area contributed by atoms with E-state index in [1.54, 1.807) is 28.9 Å². The average Bonchev–Trinajstić information content (AvgIpc) is 3.25. The van der Waals surface area contributed by atoms with Crippen LogP contribution in [0.2, 0.25) is 5.02 Å². The number of nitrogens with zero attached hydrogens (tertiary/aromatic N) is 2. The zero-order valence-electron chi connectivity index (χ0n) is 11.4. The van der Waals surface area contributed by atoms with Gasteiger partial charge in [-0.1, -0.05) is 17.7 Å². The first kappa shape index (κ1) is 13.4. The summed E-state index contributed by atoms with van der Waals surface area (Å²) < 4.78 is 0. The van der Waals surface area contributed by atoms with Crippen molar-refractivity contribution in [3.05, 3.63) is 29.3 Å². The van der Waals surface area contributed by atoms with Crippen LogP contribution in [0.4, 0.5) is 5.69 Å². The number of hydrogen-bond acceptors (Lipinski definition) is 2. The van der Waals surface area contributed by atoms with E-state index in [2.05, 4.69) is 0 Å². The molecule has 0 N–H and O–H groups in total. The monoisotopic (exact) mass is 292 g/mol. The fourth-order valence-electron chi connectivity index (χ4n) is 2.64. The van der Waals surface area contributed by atoms with E-state index in [-0.39, 0.29) is 17.7 Å². The molecule has 106 valence electrons. The number of carbonyl (C=O) groups is 2.